The van der Waals surface area contributed by atoms with E-state index >= 15 is 0 Å². The zero-order valence-electron chi connectivity index (χ0n) is 8.01. The first kappa shape index (κ1) is 8.52. The van der Waals surface area contributed by atoms with E-state index < -0.39 is 0 Å². The number of hydrogen-bond acceptors (Lipinski definition) is 2. The molecule has 2 aliphatic rings. The second-order valence-corrected chi connectivity index (χ2v) is 4.27. The van der Waals surface area contributed by atoms with Crippen LogP contribution < -0.4 is 0 Å². The van der Waals surface area contributed by atoms with Crippen LogP contribution in [-0.2, 0) is 4.74 Å². The summed E-state index contributed by atoms with van der Waals surface area (Å²) >= 11 is 0. The van der Waals surface area contributed by atoms with Crippen LogP contribution in [0.4, 0.5) is 0 Å². The summed E-state index contributed by atoms with van der Waals surface area (Å²) in [6.45, 7) is 8.05. The zero-order valence-corrected chi connectivity index (χ0v) is 8.01. The molecule has 0 saturated carbocycles. The van der Waals surface area contributed by atoms with E-state index in [1.165, 1.54) is 38.9 Å². The van der Waals surface area contributed by atoms with Gasteiger partial charge in [-0.3, -0.25) is 0 Å². The Labute approximate surface area is 74.9 Å². The monoisotopic (exact) mass is 169 g/mol. The Morgan fingerprint density at radius 2 is 2.33 bits per heavy atom. The lowest BCUT2D eigenvalue weighted by Gasteiger charge is -2.33. The molecular weight excluding hydrogens is 150 g/mol. The lowest BCUT2D eigenvalue weighted by Crippen LogP contribution is -2.34. The maximum Gasteiger partial charge on any atom is 0.0535 e. The molecule has 2 heteroatoms. The smallest absolute Gasteiger partial charge is 0.0535 e. The molecule has 2 saturated heterocycles. The Kier molecular flexibility index (Phi) is 2.37. The predicted molar refractivity (Wildman–Crippen MR) is 49.2 cm³/mol. The maximum atomic E-state index is 5.57. The molecule has 0 aromatic rings. The average Bonchev–Trinajstić information content (AvgIpc) is 2.50. The molecule has 1 spiro atoms. The van der Waals surface area contributed by atoms with Gasteiger partial charge < -0.3 is 9.64 Å². The molecule has 2 heterocycles. The molecule has 0 aromatic heterocycles. The normalized spacial score (nSPS) is 37.8. The van der Waals surface area contributed by atoms with Crippen LogP contribution in [0, 0.1) is 5.41 Å². The summed E-state index contributed by atoms with van der Waals surface area (Å²) in [7, 11) is 0. The Hall–Kier alpha value is -0.0800. The van der Waals surface area contributed by atoms with E-state index in [0.717, 1.165) is 13.2 Å². The van der Waals surface area contributed by atoms with Crippen LogP contribution in [0.15, 0.2) is 0 Å². The number of rotatable bonds is 1. The van der Waals surface area contributed by atoms with Crippen molar-refractivity contribution in [2.24, 2.45) is 5.41 Å². The largest absolute Gasteiger partial charge is 0.381 e. The van der Waals surface area contributed by atoms with Gasteiger partial charge in [0.1, 0.15) is 0 Å². The van der Waals surface area contributed by atoms with Gasteiger partial charge in [-0.05, 0) is 32.4 Å². The highest BCUT2D eigenvalue weighted by Gasteiger charge is 2.38. The predicted octanol–water partition coefficient (Wildman–Crippen LogP) is 1.51. The number of hydrogen-bond donors (Lipinski definition) is 0. The third-order valence-electron chi connectivity index (χ3n) is 3.37. The number of nitrogens with zero attached hydrogens (tertiary/aromatic N) is 1. The highest BCUT2D eigenvalue weighted by Crippen LogP contribution is 2.37. The van der Waals surface area contributed by atoms with Crippen LogP contribution in [0.5, 0.6) is 0 Å². The Morgan fingerprint density at radius 1 is 1.42 bits per heavy atom. The summed E-state index contributed by atoms with van der Waals surface area (Å²) in [4.78, 5) is 2.55. The molecule has 0 aromatic carbocycles. The van der Waals surface area contributed by atoms with E-state index in [-0.39, 0.29) is 0 Å². The highest BCUT2D eigenvalue weighted by atomic mass is 16.5. The maximum absolute atomic E-state index is 5.57. The Bertz CT molecular complexity index is 152. The van der Waals surface area contributed by atoms with Crippen LogP contribution in [0.3, 0.4) is 0 Å². The quantitative estimate of drug-likeness (QED) is 0.590. The minimum absolute atomic E-state index is 0.550. The molecular formula is C10H19NO. The molecule has 2 aliphatic heterocycles. The van der Waals surface area contributed by atoms with E-state index in [0.29, 0.717) is 5.41 Å². The lowest BCUT2D eigenvalue weighted by molar-refractivity contribution is -0.00186. The van der Waals surface area contributed by atoms with Crippen molar-refractivity contribution in [2.45, 2.75) is 26.2 Å². The van der Waals surface area contributed by atoms with Crippen molar-refractivity contribution in [3.63, 3.8) is 0 Å². The fourth-order valence-corrected chi connectivity index (χ4v) is 2.53. The summed E-state index contributed by atoms with van der Waals surface area (Å²) in [6, 6.07) is 0. The van der Waals surface area contributed by atoms with Crippen molar-refractivity contribution < 1.29 is 4.74 Å². The van der Waals surface area contributed by atoms with Gasteiger partial charge in [0.25, 0.3) is 0 Å². The molecule has 1 atom stereocenters. The average molecular weight is 169 g/mol. The number of likely N-dealkylation sites (tertiary alicyclic amines) is 1. The minimum atomic E-state index is 0.550. The topological polar surface area (TPSA) is 12.5 Å². The van der Waals surface area contributed by atoms with E-state index in [2.05, 4.69) is 11.8 Å². The van der Waals surface area contributed by atoms with Gasteiger partial charge in [-0.25, -0.2) is 0 Å². The highest BCUT2D eigenvalue weighted by molar-refractivity contribution is 4.90. The molecule has 0 amide bonds. The van der Waals surface area contributed by atoms with Gasteiger partial charge in [0.05, 0.1) is 6.61 Å². The van der Waals surface area contributed by atoms with Crippen LogP contribution in [0.25, 0.3) is 0 Å². The van der Waals surface area contributed by atoms with Gasteiger partial charge >= 0.3 is 0 Å². The molecule has 2 fully saturated rings. The zero-order chi connectivity index (χ0) is 8.44. The van der Waals surface area contributed by atoms with Gasteiger partial charge in [0.2, 0.25) is 0 Å². The second-order valence-electron chi connectivity index (χ2n) is 4.27. The van der Waals surface area contributed by atoms with Crippen molar-refractivity contribution in [3.8, 4) is 0 Å². The Balaban J connectivity index is 1.94. The Morgan fingerprint density at radius 3 is 2.92 bits per heavy atom. The summed E-state index contributed by atoms with van der Waals surface area (Å²) in [5, 5.41) is 0. The van der Waals surface area contributed by atoms with Crippen molar-refractivity contribution >= 4 is 0 Å². The first-order valence-electron chi connectivity index (χ1n) is 5.15. The molecule has 0 bridgehead atoms. The van der Waals surface area contributed by atoms with Gasteiger partial charge in [0, 0.05) is 18.6 Å². The van der Waals surface area contributed by atoms with E-state index in [4.69, 9.17) is 4.74 Å². The molecule has 0 N–H and O–H groups in total. The van der Waals surface area contributed by atoms with Crippen molar-refractivity contribution in [1.29, 1.82) is 0 Å². The van der Waals surface area contributed by atoms with Gasteiger partial charge in [-0.1, -0.05) is 6.92 Å². The van der Waals surface area contributed by atoms with Crippen LogP contribution >= 0.6 is 0 Å². The van der Waals surface area contributed by atoms with E-state index in [9.17, 15) is 0 Å². The van der Waals surface area contributed by atoms with Crippen molar-refractivity contribution in [1.82, 2.24) is 4.90 Å². The van der Waals surface area contributed by atoms with Crippen LogP contribution in [0.2, 0.25) is 0 Å². The van der Waals surface area contributed by atoms with Crippen LogP contribution in [-0.4, -0.2) is 37.7 Å². The molecule has 12 heavy (non-hydrogen) atoms. The lowest BCUT2D eigenvalue weighted by atomic mass is 9.82. The molecule has 2 nitrogen and oxygen atoms in total. The summed E-state index contributed by atoms with van der Waals surface area (Å²) in [5.41, 5.74) is 0.550. The summed E-state index contributed by atoms with van der Waals surface area (Å²) < 4.78 is 5.57. The fourth-order valence-electron chi connectivity index (χ4n) is 2.53. The SMILES string of the molecule is CCN1CCC2(CCCOC2)C1. The van der Waals surface area contributed by atoms with E-state index in [1.807, 2.05) is 0 Å². The summed E-state index contributed by atoms with van der Waals surface area (Å²) in [6.07, 6.45) is 4.03. The fraction of sp³-hybridized carbons (Fsp3) is 1.00. The molecule has 0 aliphatic carbocycles. The minimum Gasteiger partial charge on any atom is -0.381 e. The van der Waals surface area contributed by atoms with Gasteiger partial charge in [0.15, 0.2) is 0 Å². The molecule has 0 radical (unpaired) electrons. The van der Waals surface area contributed by atoms with Gasteiger partial charge in [-0.15, -0.1) is 0 Å². The van der Waals surface area contributed by atoms with Crippen molar-refractivity contribution in [2.75, 3.05) is 32.8 Å². The third kappa shape index (κ3) is 1.50. The van der Waals surface area contributed by atoms with E-state index in [1.54, 1.807) is 0 Å². The van der Waals surface area contributed by atoms with Crippen molar-refractivity contribution in [3.05, 3.63) is 0 Å². The summed E-state index contributed by atoms with van der Waals surface area (Å²) in [5.74, 6) is 0. The third-order valence-corrected chi connectivity index (χ3v) is 3.37. The molecule has 2 rings (SSSR count). The number of ether oxygens (including phenoxy) is 1. The first-order chi connectivity index (χ1) is 5.85. The second kappa shape index (κ2) is 3.35. The standard InChI is InChI=1S/C10H19NO/c1-2-11-6-5-10(8-11)4-3-7-12-9-10/h2-9H2,1H3. The molecule has 1 unspecified atom stereocenters. The first-order valence-corrected chi connectivity index (χ1v) is 5.15. The van der Waals surface area contributed by atoms with Crippen LogP contribution in [0.1, 0.15) is 26.2 Å². The van der Waals surface area contributed by atoms with Gasteiger partial charge in [-0.2, -0.15) is 0 Å². The molecule has 70 valence electrons.